The predicted molar refractivity (Wildman–Crippen MR) is 121 cm³/mol. The van der Waals surface area contributed by atoms with Crippen molar-refractivity contribution in [3.05, 3.63) is 37.5 Å². The number of rotatable bonds is 7. The minimum atomic E-state index is -0.310. The van der Waals surface area contributed by atoms with Gasteiger partial charge in [-0.3, -0.25) is 14.2 Å². The number of H-pyrrole nitrogens is 1. The highest BCUT2D eigenvalue weighted by atomic mass is 35.5. The van der Waals surface area contributed by atoms with Gasteiger partial charge in [-0.15, -0.1) is 0 Å². The van der Waals surface area contributed by atoms with Crippen LogP contribution in [-0.4, -0.2) is 39.3 Å². The van der Waals surface area contributed by atoms with Crippen molar-refractivity contribution in [3.63, 3.8) is 0 Å². The van der Waals surface area contributed by atoms with E-state index in [1.807, 2.05) is 13.8 Å². The number of hydrogen-bond donors (Lipinski definition) is 2. The van der Waals surface area contributed by atoms with Gasteiger partial charge < -0.3 is 15.0 Å². The number of nitrogens with one attached hydrogen (secondary N) is 2. The molecule has 3 aromatic rings. The van der Waals surface area contributed by atoms with Crippen LogP contribution in [0.25, 0.3) is 16.0 Å². The van der Waals surface area contributed by atoms with Gasteiger partial charge in [0.25, 0.3) is 5.56 Å². The molecule has 0 saturated heterocycles. The van der Waals surface area contributed by atoms with Crippen molar-refractivity contribution in [2.75, 3.05) is 12.9 Å². The summed E-state index contributed by atoms with van der Waals surface area (Å²) < 4.78 is 7.92. The number of aromatic amines is 1. The van der Waals surface area contributed by atoms with Crippen LogP contribution in [0.15, 0.2) is 28.2 Å². The summed E-state index contributed by atoms with van der Waals surface area (Å²) in [5.41, 5.74) is 0.685. The highest BCUT2D eigenvalue weighted by Gasteiger charge is 2.17. The maximum absolute atomic E-state index is 12.6. The van der Waals surface area contributed by atoms with Crippen LogP contribution in [0.5, 0.6) is 5.75 Å². The fourth-order valence-electron chi connectivity index (χ4n) is 2.56. The van der Waals surface area contributed by atoms with Crippen molar-refractivity contribution in [1.29, 1.82) is 0 Å². The first-order chi connectivity index (χ1) is 13.8. The lowest BCUT2D eigenvalue weighted by Gasteiger charge is -2.11. The Morgan fingerprint density at radius 2 is 2.28 bits per heavy atom. The quantitative estimate of drug-likeness (QED) is 0.306. The first kappa shape index (κ1) is 21.8. The van der Waals surface area contributed by atoms with E-state index in [1.165, 1.54) is 0 Å². The summed E-state index contributed by atoms with van der Waals surface area (Å²) in [7, 11) is 1.54. The molecule has 154 valence electrons. The van der Waals surface area contributed by atoms with Gasteiger partial charge in [0.15, 0.2) is 14.8 Å². The molecule has 0 bridgehead atoms. The number of thioether (sulfide) groups is 1. The summed E-state index contributed by atoms with van der Waals surface area (Å²) in [5.74, 6) is 0.574. The number of fused-ring (bicyclic) bond motifs is 1. The second-order valence-corrected chi connectivity index (χ2v) is 9.25. The van der Waals surface area contributed by atoms with Gasteiger partial charge in [-0.05, 0) is 43.8 Å². The van der Waals surface area contributed by atoms with Gasteiger partial charge in [-0.25, -0.2) is 4.98 Å². The standard InChI is InChI=1S/C18H19ClN4O3S3/c1-4-9(2)20-13(24)8-28-17-21-15-14(16(25)22-17)29-18(27)23(15)11-7-10(19)5-6-12(11)26-3/h5-7,9H,4,8H2,1-3H3,(H,20,24)(H,21,22,25)/t9-/m1/s1. The third-order valence-electron chi connectivity index (χ3n) is 4.16. The zero-order chi connectivity index (χ0) is 21.1. The van der Waals surface area contributed by atoms with Crippen LogP contribution in [-0.2, 0) is 4.79 Å². The molecule has 11 heteroatoms. The van der Waals surface area contributed by atoms with E-state index in [2.05, 4.69) is 15.3 Å². The smallest absolute Gasteiger partial charge is 0.271 e. The fraction of sp³-hybridized carbons (Fsp3) is 0.333. The van der Waals surface area contributed by atoms with Crippen LogP contribution < -0.4 is 15.6 Å². The second-order valence-electron chi connectivity index (χ2n) is 6.21. The second kappa shape index (κ2) is 9.29. The van der Waals surface area contributed by atoms with Gasteiger partial charge in [0.05, 0.1) is 18.6 Å². The minimum absolute atomic E-state index is 0.0923. The Bertz CT molecular complexity index is 1170. The van der Waals surface area contributed by atoms with Crippen LogP contribution in [0.2, 0.25) is 5.02 Å². The van der Waals surface area contributed by atoms with Gasteiger partial charge in [-0.1, -0.05) is 41.6 Å². The Labute approximate surface area is 185 Å². The molecule has 3 rings (SSSR count). The number of nitrogens with zero attached hydrogens (tertiary/aromatic N) is 2. The lowest BCUT2D eigenvalue weighted by molar-refractivity contribution is -0.119. The summed E-state index contributed by atoms with van der Waals surface area (Å²) in [6, 6.07) is 5.23. The van der Waals surface area contributed by atoms with E-state index >= 15 is 0 Å². The van der Waals surface area contributed by atoms with Crippen LogP contribution in [0.4, 0.5) is 0 Å². The molecule has 1 atom stereocenters. The molecule has 7 nitrogen and oxygen atoms in total. The first-order valence-electron chi connectivity index (χ1n) is 8.76. The third kappa shape index (κ3) is 4.82. The lowest BCUT2D eigenvalue weighted by Crippen LogP contribution is -2.33. The monoisotopic (exact) mass is 470 g/mol. The zero-order valence-electron chi connectivity index (χ0n) is 15.9. The molecule has 1 amide bonds. The first-order valence-corrected chi connectivity index (χ1v) is 11.3. The molecule has 1 aromatic carbocycles. The van der Waals surface area contributed by atoms with Crippen LogP contribution in [0.1, 0.15) is 20.3 Å². The van der Waals surface area contributed by atoms with E-state index in [9.17, 15) is 9.59 Å². The Morgan fingerprint density at radius 3 is 2.97 bits per heavy atom. The van der Waals surface area contributed by atoms with Crippen molar-refractivity contribution in [2.45, 2.75) is 31.5 Å². The Morgan fingerprint density at radius 1 is 1.52 bits per heavy atom. The maximum Gasteiger partial charge on any atom is 0.271 e. The number of halogens is 1. The molecule has 2 heterocycles. The molecule has 0 fully saturated rings. The largest absolute Gasteiger partial charge is 0.495 e. The van der Waals surface area contributed by atoms with Crippen molar-refractivity contribution in [2.24, 2.45) is 0 Å². The number of hydrogen-bond acceptors (Lipinski definition) is 7. The number of carbonyl (C=O) groups is 1. The average molecular weight is 471 g/mol. The number of aromatic nitrogens is 3. The molecular formula is C18H19ClN4O3S3. The Hall–Kier alpha value is -1.88. The van der Waals surface area contributed by atoms with Crippen molar-refractivity contribution in [1.82, 2.24) is 19.9 Å². The third-order valence-corrected chi connectivity index (χ3v) is 6.63. The van der Waals surface area contributed by atoms with E-state index in [0.717, 1.165) is 29.5 Å². The predicted octanol–water partition coefficient (Wildman–Crippen LogP) is 4.17. The van der Waals surface area contributed by atoms with E-state index in [-0.39, 0.29) is 23.3 Å². The van der Waals surface area contributed by atoms with Crippen molar-refractivity contribution < 1.29 is 9.53 Å². The molecule has 29 heavy (non-hydrogen) atoms. The van der Waals surface area contributed by atoms with Gasteiger partial charge in [0.1, 0.15) is 10.4 Å². The molecule has 0 aliphatic rings. The van der Waals surface area contributed by atoms with Crippen molar-refractivity contribution in [3.8, 4) is 11.4 Å². The Balaban J connectivity index is 2.02. The van der Waals surface area contributed by atoms with Crippen LogP contribution in [0, 0.1) is 3.95 Å². The molecule has 0 saturated carbocycles. The van der Waals surface area contributed by atoms with Crippen molar-refractivity contribution >= 4 is 63.2 Å². The number of methoxy groups -OCH3 is 1. The molecule has 0 radical (unpaired) electrons. The normalized spacial score (nSPS) is 12.1. The molecule has 0 aliphatic heterocycles. The number of carbonyl (C=O) groups excluding carboxylic acids is 1. The summed E-state index contributed by atoms with van der Waals surface area (Å²) >= 11 is 13.9. The van der Waals surface area contributed by atoms with Gasteiger partial charge in [0, 0.05) is 11.1 Å². The molecule has 2 aromatic heterocycles. The minimum Gasteiger partial charge on any atom is -0.495 e. The summed E-state index contributed by atoms with van der Waals surface area (Å²) in [6.07, 6.45) is 0.843. The molecule has 0 spiro atoms. The highest BCUT2D eigenvalue weighted by Crippen LogP contribution is 2.31. The molecular weight excluding hydrogens is 452 g/mol. The van der Waals surface area contributed by atoms with E-state index in [1.54, 1.807) is 29.9 Å². The number of thiazole rings is 1. The summed E-state index contributed by atoms with van der Waals surface area (Å²) in [6.45, 7) is 3.93. The lowest BCUT2D eigenvalue weighted by atomic mass is 10.3. The molecule has 0 aliphatic carbocycles. The topological polar surface area (TPSA) is 89.0 Å². The van der Waals surface area contributed by atoms with E-state index in [0.29, 0.717) is 35.9 Å². The number of benzene rings is 1. The summed E-state index contributed by atoms with van der Waals surface area (Å²) in [5, 5.41) is 3.72. The molecule has 2 N–H and O–H groups in total. The highest BCUT2D eigenvalue weighted by molar-refractivity contribution is 7.99. The van der Waals surface area contributed by atoms with Crippen LogP contribution >= 0.6 is 46.9 Å². The Kier molecular flexibility index (Phi) is 6.99. The van der Waals surface area contributed by atoms with Gasteiger partial charge in [0.2, 0.25) is 5.91 Å². The number of amides is 1. The average Bonchev–Trinajstić information content (AvgIpc) is 3.02. The fourth-order valence-corrected chi connectivity index (χ4v) is 4.66. The van der Waals surface area contributed by atoms with Gasteiger partial charge in [-0.2, -0.15) is 0 Å². The van der Waals surface area contributed by atoms with Gasteiger partial charge >= 0.3 is 0 Å². The van der Waals surface area contributed by atoms with Crippen LogP contribution in [0.3, 0.4) is 0 Å². The zero-order valence-corrected chi connectivity index (χ0v) is 19.2. The summed E-state index contributed by atoms with van der Waals surface area (Å²) in [4.78, 5) is 31.9. The maximum atomic E-state index is 12.6. The van der Waals surface area contributed by atoms with E-state index in [4.69, 9.17) is 28.6 Å². The van der Waals surface area contributed by atoms with E-state index < -0.39 is 0 Å². The number of ether oxygens (including phenoxy) is 1. The molecule has 0 unspecified atom stereocenters. The SMILES string of the molecule is CC[C@@H](C)NC(=O)CSc1nc2c(sc(=S)n2-c2cc(Cl)ccc2OC)c(=O)[nH]1.